The van der Waals surface area contributed by atoms with Crippen molar-refractivity contribution < 1.29 is 14.3 Å². The highest BCUT2D eigenvalue weighted by Gasteiger charge is 2.28. The lowest BCUT2D eigenvalue weighted by molar-refractivity contribution is 0.102. The Morgan fingerprint density at radius 2 is 1.85 bits per heavy atom. The van der Waals surface area contributed by atoms with Gasteiger partial charge in [-0.2, -0.15) is 0 Å². The zero-order valence-electron chi connectivity index (χ0n) is 18.7. The molecule has 8 nitrogen and oxygen atoms in total. The highest BCUT2D eigenvalue weighted by atomic mass is 32.1. The van der Waals surface area contributed by atoms with Crippen LogP contribution in [0, 0.1) is 6.92 Å². The van der Waals surface area contributed by atoms with Gasteiger partial charge >= 0.3 is 6.03 Å². The van der Waals surface area contributed by atoms with Gasteiger partial charge in [-0.25, -0.2) is 4.79 Å². The lowest BCUT2D eigenvalue weighted by Crippen LogP contribution is -2.41. The smallest absolute Gasteiger partial charge is 0.321 e. The predicted molar refractivity (Wildman–Crippen MR) is 129 cm³/mol. The van der Waals surface area contributed by atoms with E-state index in [1.54, 1.807) is 4.90 Å². The Bertz CT molecular complexity index is 1130. The van der Waals surface area contributed by atoms with Gasteiger partial charge < -0.3 is 20.3 Å². The quantitative estimate of drug-likeness (QED) is 0.539. The number of carbonyl (C=O) groups excluding carboxylic acids is 2. The standard InChI is InChI=1S/C24H27N5O3S/c1-3-32-20-13-7-6-12-19(20)26-24(31)29-14-8-10-17(15-29)22-27-28-23(33-22)21(30)25-18-11-5-4-9-16(18)2/h4-7,9,11-13,17H,3,8,10,14-15H2,1-2H3,(H,25,30)(H,26,31). The molecule has 1 aliphatic rings. The number of carbonyl (C=O) groups is 2. The first-order valence-electron chi connectivity index (χ1n) is 11.0. The van der Waals surface area contributed by atoms with Crippen LogP contribution in [0.15, 0.2) is 48.5 Å². The van der Waals surface area contributed by atoms with E-state index in [0.29, 0.717) is 36.1 Å². The van der Waals surface area contributed by atoms with E-state index in [4.69, 9.17) is 4.74 Å². The second-order valence-electron chi connectivity index (χ2n) is 7.86. The van der Waals surface area contributed by atoms with Gasteiger partial charge in [0.2, 0.25) is 5.01 Å². The maximum Gasteiger partial charge on any atom is 0.321 e. The molecule has 1 aromatic heterocycles. The van der Waals surface area contributed by atoms with Crippen LogP contribution < -0.4 is 15.4 Å². The third-order valence-electron chi connectivity index (χ3n) is 5.51. The summed E-state index contributed by atoms with van der Waals surface area (Å²) >= 11 is 1.29. The molecule has 0 aliphatic carbocycles. The highest BCUT2D eigenvalue weighted by molar-refractivity contribution is 7.13. The van der Waals surface area contributed by atoms with E-state index in [9.17, 15) is 9.59 Å². The fraction of sp³-hybridized carbons (Fsp3) is 0.333. The molecule has 0 radical (unpaired) electrons. The molecule has 3 amide bonds. The van der Waals surface area contributed by atoms with Crippen molar-refractivity contribution in [3.05, 3.63) is 64.1 Å². The molecule has 0 spiro atoms. The number of para-hydroxylation sites is 3. The van der Waals surface area contributed by atoms with Crippen molar-refractivity contribution in [1.82, 2.24) is 15.1 Å². The summed E-state index contributed by atoms with van der Waals surface area (Å²) in [6, 6.07) is 14.8. The molecule has 1 fully saturated rings. The second-order valence-corrected chi connectivity index (χ2v) is 8.87. The zero-order chi connectivity index (χ0) is 23.2. The Kier molecular flexibility index (Phi) is 7.19. The molecule has 2 N–H and O–H groups in total. The van der Waals surface area contributed by atoms with Crippen molar-refractivity contribution in [1.29, 1.82) is 0 Å². The van der Waals surface area contributed by atoms with Crippen LogP contribution in [0.4, 0.5) is 16.2 Å². The number of anilines is 2. The molecule has 172 valence electrons. The van der Waals surface area contributed by atoms with Crippen LogP contribution in [0.3, 0.4) is 0 Å². The van der Waals surface area contributed by atoms with Gasteiger partial charge in [-0.3, -0.25) is 4.79 Å². The fourth-order valence-corrected chi connectivity index (χ4v) is 4.65. The monoisotopic (exact) mass is 465 g/mol. The van der Waals surface area contributed by atoms with Crippen molar-refractivity contribution >= 4 is 34.6 Å². The SMILES string of the molecule is CCOc1ccccc1NC(=O)N1CCCC(c2nnc(C(=O)Nc3ccccc3C)s2)C1. The van der Waals surface area contributed by atoms with Crippen LogP contribution in [0.1, 0.15) is 46.1 Å². The van der Waals surface area contributed by atoms with Crippen molar-refractivity contribution in [3.63, 3.8) is 0 Å². The normalized spacial score (nSPS) is 15.7. The van der Waals surface area contributed by atoms with Gasteiger partial charge in [-0.1, -0.05) is 41.7 Å². The van der Waals surface area contributed by atoms with E-state index in [-0.39, 0.29) is 17.9 Å². The van der Waals surface area contributed by atoms with Gasteiger partial charge in [0, 0.05) is 24.7 Å². The summed E-state index contributed by atoms with van der Waals surface area (Å²) in [5, 5.41) is 15.3. The van der Waals surface area contributed by atoms with Crippen molar-refractivity contribution in [2.75, 3.05) is 30.3 Å². The lowest BCUT2D eigenvalue weighted by Gasteiger charge is -2.31. The average Bonchev–Trinajstić information content (AvgIpc) is 3.33. The maximum atomic E-state index is 12.9. The van der Waals surface area contributed by atoms with E-state index in [0.717, 1.165) is 29.1 Å². The number of nitrogens with zero attached hydrogens (tertiary/aromatic N) is 3. The van der Waals surface area contributed by atoms with Gasteiger partial charge in [0.1, 0.15) is 10.8 Å². The first-order valence-corrected chi connectivity index (χ1v) is 11.8. The van der Waals surface area contributed by atoms with Crippen LogP contribution in [0.5, 0.6) is 5.75 Å². The molecule has 3 aromatic rings. The Morgan fingerprint density at radius 3 is 2.64 bits per heavy atom. The number of ether oxygens (including phenoxy) is 1. The number of hydrogen-bond donors (Lipinski definition) is 2. The van der Waals surface area contributed by atoms with Crippen LogP contribution in [-0.2, 0) is 0 Å². The molecule has 0 bridgehead atoms. The minimum Gasteiger partial charge on any atom is -0.492 e. The molecule has 9 heteroatoms. The Morgan fingerprint density at radius 1 is 1.09 bits per heavy atom. The third-order valence-corrected chi connectivity index (χ3v) is 6.60. The van der Waals surface area contributed by atoms with Crippen LogP contribution in [-0.4, -0.2) is 46.7 Å². The lowest BCUT2D eigenvalue weighted by atomic mass is 9.99. The number of nitrogens with one attached hydrogen (secondary N) is 2. The van der Waals surface area contributed by atoms with Crippen LogP contribution in [0.25, 0.3) is 0 Å². The molecule has 4 rings (SSSR count). The van der Waals surface area contributed by atoms with E-state index >= 15 is 0 Å². The van der Waals surface area contributed by atoms with Gasteiger partial charge in [-0.15, -0.1) is 10.2 Å². The molecular formula is C24H27N5O3S. The van der Waals surface area contributed by atoms with Gasteiger partial charge in [0.05, 0.1) is 12.3 Å². The topological polar surface area (TPSA) is 96.4 Å². The molecule has 2 aromatic carbocycles. The fourth-order valence-electron chi connectivity index (χ4n) is 3.79. The summed E-state index contributed by atoms with van der Waals surface area (Å²) in [4.78, 5) is 27.3. The van der Waals surface area contributed by atoms with Gasteiger partial charge in [0.15, 0.2) is 0 Å². The Hall–Kier alpha value is -3.46. The number of amides is 3. The summed E-state index contributed by atoms with van der Waals surface area (Å²) in [7, 11) is 0. The van der Waals surface area contributed by atoms with Crippen molar-refractivity contribution in [2.45, 2.75) is 32.6 Å². The zero-order valence-corrected chi connectivity index (χ0v) is 19.5. The molecule has 1 atom stereocenters. The highest BCUT2D eigenvalue weighted by Crippen LogP contribution is 2.31. The Labute approximate surface area is 197 Å². The maximum absolute atomic E-state index is 12.9. The van der Waals surface area contributed by atoms with Gasteiger partial charge in [-0.05, 0) is 50.5 Å². The Balaban J connectivity index is 1.40. The van der Waals surface area contributed by atoms with Crippen molar-refractivity contribution in [2.24, 2.45) is 0 Å². The predicted octanol–water partition coefficient (Wildman–Crippen LogP) is 4.91. The van der Waals surface area contributed by atoms with E-state index < -0.39 is 0 Å². The molecule has 33 heavy (non-hydrogen) atoms. The number of piperidine rings is 1. The van der Waals surface area contributed by atoms with Crippen molar-refractivity contribution in [3.8, 4) is 5.75 Å². The van der Waals surface area contributed by atoms with Crippen LogP contribution >= 0.6 is 11.3 Å². The summed E-state index contributed by atoms with van der Waals surface area (Å²) in [6.45, 7) is 5.56. The number of hydrogen-bond acceptors (Lipinski definition) is 6. The minimum atomic E-state index is -0.272. The summed E-state index contributed by atoms with van der Waals surface area (Å²) in [6.07, 6.45) is 1.75. The van der Waals surface area contributed by atoms with E-state index in [2.05, 4.69) is 20.8 Å². The number of aryl methyl sites for hydroxylation is 1. The number of benzene rings is 2. The summed E-state index contributed by atoms with van der Waals surface area (Å²) in [5.41, 5.74) is 2.39. The summed E-state index contributed by atoms with van der Waals surface area (Å²) < 4.78 is 5.60. The third kappa shape index (κ3) is 5.48. The molecule has 0 saturated carbocycles. The summed E-state index contributed by atoms with van der Waals surface area (Å²) in [5.74, 6) is 0.422. The average molecular weight is 466 g/mol. The van der Waals surface area contributed by atoms with Gasteiger partial charge in [0.25, 0.3) is 5.91 Å². The van der Waals surface area contributed by atoms with E-state index in [1.807, 2.05) is 62.4 Å². The number of aromatic nitrogens is 2. The van der Waals surface area contributed by atoms with Crippen LogP contribution in [0.2, 0.25) is 0 Å². The first-order chi connectivity index (χ1) is 16.0. The second kappa shape index (κ2) is 10.4. The molecular weight excluding hydrogens is 438 g/mol. The first kappa shape index (κ1) is 22.7. The van der Waals surface area contributed by atoms with E-state index in [1.165, 1.54) is 11.3 Å². The molecule has 1 saturated heterocycles. The molecule has 1 unspecified atom stereocenters. The molecule has 2 heterocycles. The minimum absolute atomic E-state index is 0.0455. The molecule has 1 aliphatic heterocycles. The largest absolute Gasteiger partial charge is 0.492 e. The number of urea groups is 1. The number of likely N-dealkylation sites (tertiary alicyclic amines) is 1. The number of rotatable bonds is 6.